The highest BCUT2D eigenvalue weighted by Crippen LogP contribution is 2.57. The molecule has 0 radical (unpaired) electrons. The zero-order chi connectivity index (χ0) is 15.3. The summed E-state index contributed by atoms with van der Waals surface area (Å²) in [5.74, 6) is 2.78. The molecule has 4 aliphatic carbocycles. The van der Waals surface area contributed by atoms with Gasteiger partial charge in [0.2, 0.25) is 0 Å². The van der Waals surface area contributed by atoms with Gasteiger partial charge in [0, 0.05) is 12.6 Å². The molecule has 1 N–H and O–H groups in total. The molecule has 118 valence electrons. The third-order valence-electron chi connectivity index (χ3n) is 6.14. The average Bonchev–Trinajstić information content (AvgIpc) is 2.47. The van der Waals surface area contributed by atoms with Crippen molar-refractivity contribution < 1.29 is 0 Å². The van der Waals surface area contributed by atoms with Crippen molar-refractivity contribution in [3.63, 3.8) is 0 Å². The van der Waals surface area contributed by atoms with E-state index in [9.17, 15) is 0 Å². The van der Waals surface area contributed by atoms with E-state index in [4.69, 9.17) is 23.8 Å². The molecule has 1 aromatic carbocycles. The summed E-state index contributed by atoms with van der Waals surface area (Å²) in [5, 5.41) is 4.90. The predicted octanol–water partition coefficient (Wildman–Crippen LogP) is 4.94. The maximum atomic E-state index is 6.25. The lowest BCUT2D eigenvalue weighted by atomic mass is 9.52. The number of halogens is 1. The molecule has 0 atom stereocenters. The fraction of sp³-hybridized carbons (Fsp3) is 0.611. The van der Waals surface area contributed by atoms with Crippen LogP contribution in [0.2, 0.25) is 5.02 Å². The Morgan fingerprint density at radius 1 is 1.14 bits per heavy atom. The summed E-state index contributed by atoms with van der Waals surface area (Å²) < 4.78 is 0. The predicted molar refractivity (Wildman–Crippen MR) is 96.3 cm³/mol. The number of para-hydroxylation sites is 1. The average molecular weight is 335 g/mol. The lowest BCUT2D eigenvalue weighted by molar-refractivity contribution is -0.0538. The standard InChI is InChI=1S/C18H23ClN2S/c1-21(17(22)20-16-5-3-2-4-15(16)19)18-9-12-6-13(10-18)8-14(7-12)11-18/h2-5,12-14H,6-11H2,1H3,(H,20,22). The first-order valence-corrected chi connectivity index (χ1v) is 9.14. The molecular weight excluding hydrogens is 312 g/mol. The molecular formula is C18H23ClN2S. The quantitative estimate of drug-likeness (QED) is 0.771. The number of hydrogen-bond acceptors (Lipinski definition) is 1. The molecule has 0 aromatic heterocycles. The van der Waals surface area contributed by atoms with Crippen LogP contribution in [0.5, 0.6) is 0 Å². The van der Waals surface area contributed by atoms with E-state index >= 15 is 0 Å². The zero-order valence-electron chi connectivity index (χ0n) is 13.0. The molecule has 5 rings (SSSR count). The van der Waals surface area contributed by atoms with Crippen LogP contribution in [-0.2, 0) is 0 Å². The Bertz CT molecular complexity index is 565. The molecule has 4 aliphatic rings. The fourth-order valence-corrected chi connectivity index (χ4v) is 5.94. The SMILES string of the molecule is CN(C(=S)Nc1ccccc1Cl)C12CC3CC(CC(C3)C1)C2. The topological polar surface area (TPSA) is 15.3 Å². The number of rotatable bonds is 2. The molecule has 0 unspecified atom stereocenters. The minimum atomic E-state index is 0.292. The lowest BCUT2D eigenvalue weighted by Crippen LogP contribution is -2.60. The molecule has 4 saturated carbocycles. The van der Waals surface area contributed by atoms with Gasteiger partial charge in [-0.1, -0.05) is 23.7 Å². The van der Waals surface area contributed by atoms with Crippen LogP contribution in [0.3, 0.4) is 0 Å². The molecule has 0 spiro atoms. The van der Waals surface area contributed by atoms with E-state index in [0.717, 1.165) is 33.6 Å². The van der Waals surface area contributed by atoms with Gasteiger partial charge >= 0.3 is 0 Å². The molecule has 0 amide bonds. The Kier molecular flexibility index (Phi) is 3.61. The third-order valence-corrected chi connectivity index (χ3v) is 6.84. The normalized spacial score (nSPS) is 35.5. The number of nitrogens with one attached hydrogen (secondary N) is 1. The van der Waals surface area contributed by atoms with Crippen LogP contribution in [0.25, 0.3) is 0 Å². The van der Waals surface area contributed by atoms with E-state index in [0.29, 0.717) is 5.54 Å². The van der Waals surface area contributed by atoms with Gasteiger partial charge < -0.3 is 10.2 Å². The smallest absolute Gasteiger partial charge is 0.173 e. The van der Waals surface area contributed by atoms with Gasteiger partial charge in [0.25, 0.3) is 0 Å². The minimum absolute atomic E-state index is 0.292. The molecule has 4 bridgehead atoms. The van der Waals surface area contributed by atoms with Crippen LogP contribution in [-0.4, -0.2) is 22.6 Å². The highest BCUT2D eigenvalue weighted by Gasteiger charge is 2.53. The Labute approximate surface area is 143 Å². The van der Waals surface area contributed by atoms with Crippen LogP contribution in [0, 0.1) is 17.8 Å². The second-order valence-corrected chi connectivity index (χ2v) is 8.40. The molecule has 1 aromatic rings. The second kappa shape index (κ2) is 5.38. The molecule has 22 heavy (non-hydrogen) atoms. The third kappa shape index (κ3) is 2.43. The van der Waals surface area contributed by atoms with E-state index in [2.05, 4.69) is 17.3 Å². The van der Waals surface area contributed by atoms with Crippen molar-refractivity contribution in [1.82, 2.24) is 4.90 Å². The number of benzene rings is 1. The van der Waals surface area contributed by atoms with Gasteiger partial charge in [0.1, 0.15) is 0 Å². The first kappa shape index (κ1) is 14.8. The molecule has 0 aliphatic heterocycles. The summed E-state index contributed by atoms with van der Waals surface area (Å²) in [6.45, 7) is 0. The number of hydrogen-bond donors (Lipinski definition) is 1. The highest BCUT2D eigenvalue weighted by molar-refractivity contribution is 7.80. The monoisotopic (exact) mass is 334 g/mol. The lowest BCUT2D eigenvalue weighted by Gasteiger charge is -2.60. The molecule has 4 fully saturated rings. The van der Waals surface area contributed by atoms with Gasteiger partial charge in [-0.3, -0.25) is 0 Å². The summed E-state index contributed by atoms with van der Waals surface area (Å²) in [6, 6.07) is 7.82. The molecule has 4 heteroatoms. The van der Waals surface area contributed by atoms with Crippen molar-refractivity contribution in [3.8, 4) is 0 Å². The van der Waals surface area contributed by atoms with Crippen molar-refractivity contribution in [2.45, 2.75) is 44.1 Å². The van der Waals surface area contributed by atoms with E-state index in [1.54, 1.807) is 0 Å². The minimum Gasteiger partial charge on any atom is -0.346 e. The summed E-state index contributed by atoms with van der Waals surface area (Å²) in [7, 11) is 2.18. The summed E-state index contributed by atoms with van der Waals surface area (Å²) >= 11 is 12.0. The maximum Gasteiger partial charge on any atom is 0.173 e. The van der Waals surface area contributed by atoms with Crippen LogP contribution >= 0.6 is 23.8 Å². The van der Waals surface area contributed by atoms with E-state index in [-0.39, 0.29) is 0 Å². The van der Waals surface area contributed by atoms with E-state index in [1.807, 2.05) is 24.3 Å². The number of nitrogens with zero attached hydrogens (tertiary/aromatic N) is 1. The Morgan fingerprint density at radius 3 is 2.23 bits per heavy atom. The first-order valence-electron chi connectivity index (χ1n) is 8.35. The summed E-state index contributed by atoms with van der Waals surface area (Å²) in [5.41, 5.74) is 1.20. The van der Waals surface area contributed by atoms with Crippen molar-refractivity contribution in [2.75, 3.05) is 12.4 Å². The van der Waals surface area contributed by atoms with Crippen LogP contribution < -0.4 is 5.32 Å². The summed E-state index contributed by atoms with van der Waals surface area (Å²) in [4.78, 5) is 2.36. The number of thiocarbonyl (C=S) groups is 1. The maximum absolute atomic E-state index is 6.25. The van der Waals surface area contributed by atoms with Gasteiger partial charge in [-0.2, -0.15) is 0 Å². The van der Waals surface area contributed by atoms with Crippen LogP contribution in [0.4, 0.5) is 5.69 Å². The van der Waals surface area contributed by atoms with Gasteiger partial charge in [-0.25, -0.2) is 0 Å². The van der Waals surface area contributed by atoms with Gasteiger partial charge in [-0.05, 0) is 80.6 Å². The largest absolute Gasteiger partial charge is 0.346 e. The fourth-order valence-electron chi connectivity index (χ4n) is 5.45. The van der Waals surface area contributed by atoms with Crippen molar-refractivity contribution in [3.05, 3.63) is 29.3 Å². The first-order chi connectivity index (χ1) is 10.6. The van der Waals surface area contributed by atoms with Gasteiger partial charge in [-0.15, -0.1) is 0 Å². The van der Waals surface area contributed by atoms with E-state index in [1.165, 1.54) is 38.5 Å². The zero-order valence-corrected chi connectivity index (χ0v) is 14.6. The van der Waals surface area contributed by atoms with Crippen molar-refractivity contribution in [2.24, 2.45) is 17.8 Å². The molecule has 2 nitrogen and oxygen atoms in total. The molecule has 0 saturated heterocycles. The number of anilines is 1. The van der Waals surface area contributed by atoms with Crippen molar-refractivity contribution in [1.29, 1.82) is 0 Å². The van der Waals surface area contributed by atoms with Crippen LogP contribution in [0.1, 0.15) is 38.5 Å². The van der Waals surface area contributed by atoms with Crippen LogP contribution in [0.15, 0.2) is 24.3 Å². The Morgan fingerprint density at radius 2 is 1.68 bits per heavy atom. The van der Waals surface area contributed by atoms with Crippen molar-refractivity contribution >= 4 is 34.6 Å². The van der Waals surface area contributed by atoms with E-state index < -0.39 is 0 Å². The molecule has 0 heterocycles. The summed E-state index contributed by atoms with van der Waals surface area (Å²) in [6.07, 6.45) is 8.33. The van der Waals surface area contributed by atoms with Gasteiger partial charge in [0.05, 0.1) is 10.7 Å². The second-order valence-electron chi connectivity index (χ2n) is 7.61. The Hall–Kier alpha value is -0.800. The Balaban J connectivity index is 1.53. The highest BCUT2D eigenvalue weighted by atomic mass is 35.5. The van der Waals surface area contributed by atoms with Gasteiger partial charge in [0.15, 0.2) is 5.11 Å².